The van der Waals surface area contributed by atoms with Gasteiger partial charge in [-0.2, -0.15) is 4.31 Å². The van der Waals surface area contributed by atoms with E-state index in [0.717, 1.165) is 30.5 Å². The number of hydrogen-bond donors (Lipinski definition) is 1. The average molecular weight is 476 g/mol. The number of benzene rings is 2. The van der Waals surface area contributed by atoms with Crippen molar-refractivity contribution < 1.29 is 21.6 Å². The fourth-order valence-electron chi connectivity index (χ4n) is 4.53. The molecule has 4 rings (SSSR count). The van der Waals surface area contributed by atoms with Gasteiger partial charge in [-0.15, -0.1) is 0 Å². The van der Waals surface area contributed by atoms with Crippen molar-refractivity contribution in [1.29, 1.82) is 0 Å². The van der Waals surface area contributed by atoms with Crippen LogP contribution in [0.4, 0.5) is 8.78 Å². The molecule has 1 fully saturated rings. The summed E-state index contributed by atoms with van der Waals surface area (Å²) in [5.41, 5.74) is 7.34. The first-order chi connectivity index (χ1) is 15.8. The minimum absolute atomic E-state index is 0.126. The molecule has 0 amide bonds. The maximum Gasteiger partial charge on any atom is 0.243 e. The van der Waals surface area contributed by atoms with Crippen LogP contribution >= 0.6 is 0 Å². The molecule has 0 spiro atoms. The van der Waals surface area contributed by atoms with Crippen molar-refractivity contribution in [3.05, 3.63) is 72.3 Å². The van der Waals surface area contributed by atoms with Crippen molar-refractivity contribution in [2.24, 2.45) is 11.7 Å². The largest absolute Gasteiger partial charge is 0.444 e. The summed E-state index contributed by atoms with van der Waals surface area (Å²) >= 11 is 0. The number of aromatic nitrogens is 1. The van der Waals surface area contributed by atoms with E-state index < -0.39 is 21.7 Å². The lowest BCUT2D eigenvalue weighted by Gasteiger charge is -2.36. The second kappa shape index (κ2) is 9.70. The molecule has 3 aromatic rings. The van der Waals surface area contributed by atoms with Gasteiger partial charge in [0.25, 0.3) is 0 Å². The molecular formula is C24H27F2N3O3S. The minimum Gasteiger partial charge on any atom is -0.444 e. The number of sulfonamides is 1. The number of rotatable bonds is 7. The Kier molecular flexibility index (Phi) is 6.92. The Bertz CT molecular complexity index is 1180. The lowest BCUT2D eigenvalue weighted by Crippen LogP contribution is -2.42. The molecule has 9 heteroatoms. The second-order valence-corrected chi connectivity index (χ2v) is 10.6. The zero-order chi connectivity index (χ0) is 23.6. The number of nitrogens with zero attached hydrogens (tertiary/aromatic N) is 2. The van der Waals surface area contributed by atoms with Crippen LogP contribution in [0.5, 0.6) is 0 Å². The summed E-state index contributed by atoms with van der Waals surface area (Å²) < 4.78 is 60.4. The molecule has 1 saturated carbocycles. The van der Waals surface area contributed by atoms with E-state index in [2.05, 4.69) is 4.98 Å². The third-order valence-electron chi connectivity index (χ3n) is 6.57. The molecule has 2 aromatic carbocycles. The highest BCUT2D eigenvalue weighted by atomic mass is 32.2. The van der Waals surface area contributed by atoms with Crippen LogP contribution in [0.2, 0.25) is 0 Å². The fraction of sp³-hybridized carbons (Fsp3) is 0.375. The minimum atomic E-state index is -3.66. The van der Waals surface area contributed by atoms with Crippen molar-refractivity contribution in [2.75, 3.05) is 7.05 Å². The van der Waals surface area contributed by atoms with Crippen LogP contribution in [-0.4, -0.2) is 36.8 Å². The molecule has 0 radical (unpaired) electrons. The highest BCUT2D eigenvalue weighted by Gasteiger charge is 2.33. The van der Waals surface area contributed by atoms with Gasteiger partial charge in [-0.1, -0.05) is 0 Å². The van der Waals surface area contributed by atoms with Crippen molar-refractivity contribution in [1.82, 2.24) is 9.29 Å². The zero-order valence-electron chi connectivity index (χ0n) is 18.3. The molecule has 6 nitrogen and oxygen atoms in total. The van der Waals surface area contributed by atoms with E-state index in [1.807, 2.05) is 0 Å². The molecule has 33 heavy (non-hydrogen) atoms. The van der Waals surface area contributed by atoms with Crippen LogP contribution < -0.4 is 5.73 Å². The van der Waals surface area contributed by atoms with Gasteiger partial charge >= 0.3 is 0 Å². The highest BCUT2D eigenvalue weighted by Crippen LogP contribution is 2.33. The number of nitrogens with two attached hydrogens (primary N) is 1. The van der Waals surface area contributed by atoms with E-state index in [4.69, 9.17) is 10.2 Å². The Morgan fingerprint density at radius 1 is 1.12 bits per heavy atom. The number of oxazole rings is 1. The molecule has 0 bridgehead atoms. The van der Waals surface area contributed by atoms with Crippen LogP contribution in [-0.2, 0) is 16.4 Å². The average Bonchev–Trinajstić information content (AvgIpc) is 3.36. The molecule has 1 aromatic heterocycles. The molecular weight excluding hydrogens is 448 g/mol. The summed E-state index contributed by atoms with van der Waals surface area (Å²) in [7, 11) is -2.05. The summed E-state index contributed by atoms with van der Waals surface area (Å²) in [6.45, 7) is 0. The number of hydrogen-bond acceptors (Lipinski definition) is 5. The molecule has 1 atom stereocenters. The summed E-state index contributed by atoms with van der Waals surface area (Å²) in [4.78, 5) is 4.09. The van der Waals surface area contributed by atoms with Gasteiger partial charge in [-0.05, 0) is 86.1 Å². The highest BCUT2D eigenvalue weighted by molar-refractivity contribution is 7.89. The lowest BCUT2D eigenvalue weighted by molar-refractivity contribution is 0.214. The molecule has 0 unspecified atom stereocenters. The van der Waals surface area contributed by atoms with Crippen molar-refractivity contribution in [3.8, 4) is 11.3 Å². The molecule has 1 aliphatic carbocycles. The maximum absolute atomic E-state index is 14.0. The standard InChI is InChI=1S/C24H27F2N3O3S/c1-29(33(30,31)21-9-4-17(5-10-21)24-14-28-15-32-24)20-7-2-16(3-8-20)23(27)13-18-12-19(25)6-11-22(18)26/h4-6,9-12,14-16,20,23H,2-3,7-8,13,27H2,1H3/t16?,20?,23-/m1/s1. The van der Waals surface area contributed by atoms with E-state index in [1.54, 1.807) is 37.5 Å². The predicted octanol–water partition coefficient (Wildman–Crippen LogP) is 4.37. The van der Waals surface area contributed by atoms with Gasteiger partial charge in [0, 0.05) is 24.7 Å². The van der Waals surface area contributed by atoms with E-state index in [1.165, 1.54) is 16.8 Å². The SMILES string of the molecule is CN(C1CCC([C@H](N)Cc2cc(F)ccc2F)CC1)S(=O)(=O)c1ccc(-c2cnco2)cc1. The van der Waals surface area contributed by atoms with Gasteiger partial charge in [0.2, 0.25) is 10.0 Å². The van der Waals surface area contributed by atoms with Crippen molar-refractivity contribution in [3.63, 3.8) is 0 Å². The Morgan fingerprint density at radius 2 is 1.82 bits per heavy atom. The Morgan fingerprint density at radius 3 is 2.45 bits per heavy atom. The Labute approximate surface area is 192 Å². The molecule has 2 N–H and O–H groups in total. The normalized spacial score (nSPS) is 20.2. The maximum atomic E-state index is 14.0. The zero-order valence-corrected chi connectivity index (χ0v) is 19.1. The van der Waals surface area contributed by atoms with Crippen LogP contribution in [0.3, 0.4) is 0 Å². The van der Waals surface area contributed by atoms with Crippen LogP contribution in [0.1, 0.15) is 31.2 Å². The summed E-state index contributed by atoms with van der Waals surface area (Å²) in [5.74, 6) is -0.245. The summed E-state index contributed by atoms with van der Waals surface area (Å²) in [6.07, 6.45) is 5.93. The predicted molar refractivity (Wildman–Crippen MR) is 121 cm³/mol. The lowest BCUT2D eigenvalue weighted by atomic mass is 9.80. The van der Waals surface area contributed by atoms with Gasteiger partial charge in [0.05, 0.1) is 11.1 Å². The van der Waals surface area contributed by atoms with E-state index >= 15 is 0 Å². The van der Waals surface area contributed by atoms with E-state index in [9.17, 15) is 17.2 Å². The van der Waals surface area contributed by atoms with E-state index in [-0.39, 0.29) is 34.9 Å². The van der Waals surface area contributed by atoms with Crippen LogP contribution in [0.25, 0.3) is 11.3 Å². The van der Waals surface area contributed by atoms with Gasteiger partial charge in [-0.25, -0.2) is 22.2 Å². The smallest absolute Gasteiger partial charge is 0.243 e. The summed E-state index contributed by atoms with van der Waals surface area (Å²) in [6, 6.07) is 9.48. The van der Waals surface area contributed by atoms with Crippen molar-refractivity contribution >= 4 is 10.0 Å². The quantitative estimate of drug-likeness (QED) is 0.548. The van der Waals surface area contributed by atoms with E-state index in [0.29, 0.717) is 18.6 Å². The van der Waals surface area contributed by atoms with Gasteiger partial charge in [0.1, 0.15) is 11.6 Å². The van der Waals surface area contributed by atoms with Crippen LogP contribution in [0, 0.1) is 17.6 Å². The molecule has 0 saturated heterocycles. The Hall–Kier alpha value is -2.62. The van der Waals surface area contributed by atoms with Gasteiger partial charge in [-0.3, -0.25) is 0 Å². The third kappa shape index (κ3) is 5.15. The first-order valence-corrected chi connectivity index (χ1v) is 12.4. The first-order valence-electron chi connectivity index (χ1n) is 10.9. The van der Waals surface area contributed by atoms with Gasteiger partial charge < -0.3 is 10.2 Å². The van der Waals surface area contributed by atoms with Gasteiger partial charge in [0.15, 0.2) is 12.2 Å². The molecule has 0 aliphatic heterocycles. The van der Waals surface area contributed by atoms with Crippen LogP contribution in [0.15, 0.2) is 64.4 Å². The fourth-order valence-corrected chi connectivity index (χ4v) is 5.94. The Balaban J connectivity index is 1.37. The monoisotopic (exact) mass is 475 g/mol. The first kappa shape index (κ1) is 23.5. The molecule has 1 aliphatic rings. The topological polar surface area (TPSA) is 89.4 Å². The number of halogens is 2. The molecule has 176 valence electrons. The molecule has 1 heterocycles. The second-order valence-electron chi connectivity index (χ2n) is 8.58. The summed E-state index contributed by atoms with van der Waals surface area (Å²) in [5, 5.41) is 0. The van der Waals surface area contributed by atoms with Crippen molar-refractivity contribution in [2.45, 2.75) is 49.1 Å². The third-order valence-corrected chi connectivity index (χ3v) is 8.50.